The van der Waals surface area contributed by atoms with E-state index < -0.39 is 53.1 Å². The highest BCUT2D eigenvalue weighted by molar-refractivity contribution is 5.94. The number of carbonyl (C=O) groups excluding carboxylic acids is 1. The summed E-state index contributed by atoms with van der Waals surface area (Å²) in [6, 6.07) is 5.29. The van der Waals surface area contributed by atoms with E-state index in [0.717, 1.165) is 36.9 Å². The third kappa shape index (κ3) is 5.59. The Morgan fingerprint density at radius 2 is 2.03 bits per heavy atom. The predicted octanol–water partition coefficient (Wildman–Crippen LogP) is 4.28. The lowest BCUT2D eigenvalue weighted by molar-refractivity contribution is -0.117. The second kappa shape index (κ2) is 10.1. The molecule has 1 N–H and O–H groups in total. The van der Waals surface area contributed by atoms with Gasteiger partial charge in [0, 0.05) is 17.7 Å². The molecular weight excluding hydrogens is 468 g/mol. The van der Waals surface area contributed by atoms with Gasteiger partial charge in [0.05, 0.1) is 18.4 Å². The van der Waals surface area contributed by atoms with Crippen molar-refractivity contribution in [2.45, 2.75) is 45.8 Å². The number of aromatic nitrogens is 2. The molecular formula is C24H22F4N4O3. The van der Waals surface area contributed by atoms with Gasteiger partial charge in [-0.2, -0.15) is 5.26 Å². The van der Waals surface area contributed by atoms with Crippen LogP contribution in [-0.2, 0) is 17.0 Å². The topological polar surface area (TPSA) is 97.0 Å². The van der Waals surface area contributed by atoms with E-state index in [1.54, 1.807) is 6.07 Å². The van der Waals surface area contributed by atoms with Crippen LogP contribution in [0, 0.1) is 17.1 Å². The molecule has 1 aliphatic heterocycles. The van der Waals surface area contributed by atoms with E-state index in [2.05, 4.69) is 10.3 Å². The minimum atomic E-state index is -2.84. The van der Waals surface area contributed by atoms with Crippen molar-refractivity contribution in [2.24, 2.45) is 0 Å². The highest BCUT2D eigenvalue weighted by Crippen LogP contribution is 2.33. The molecule has 2 heterocycles. The van der Waals surface area contributed by atoms with Gasteiger partial charge in [-0.1, -0.05) is 11.6 Å². The molecule has 0 saturated heterocycles. The van der Waals surface area contributed by atoms with Gasteiger partial charge in [-0.15, -0.1) is 0 Å². The molecule has 0 atom stereocenters. The van der Waals surface area contributed by atoms with E-state index in [-0.39, 0.29) is 29.7 Å². The van der Waals surface area contributed by atoms with Gasteiger partial charge in [0.15, 0.2) is 17.2 Å². The van der Waals surface area contributed by atoms with Gasteiger partial charge < -0.3 is 10.1 Å². The van der Waals surface area contributed by atoms with Crippen LogP contribution in [0.2, 0.25) is 0 Å². The number of rotatable bonds is 6. The third-order valence-electron chi connectivity index (χ3n) is 5.33. The van der Waals surface area contributed by atoms with Crippen LogP contribution < -0.4 is 15.6 Å². The molecule has 2 aromatic rings. The lowest BCUT2D eigenvalue weighted by atomic mass is 10.0. The number of nitrogens with zero attached hydrogens (tertiary/aromatic N) is 3. The minimum Gasteiger partial charge on any atom is -0.446 e. The number of amides is 1. The van der Waals surface area contributed by atoms with Crippen LogP contribution in [0.15, 0.2) is 52.1 Å². The molecule has 0 spiro atoms. The van der Waals surface area contributed by atoms with Crippen molar-refractivity contribution in [3.63, 3.8) is 0 Å². The summed E-state index contributed by atoms with van der Waals surface area (Å²) in [7, 11) is 0. The SMILES string of the molecule is CC1=C(C(F)F)C=C(Cn2cnc(C(C)(C)F)c(Oc3cccc(C#N)c3F)c2=O)C(=O)NCC1. The van der Waals surface area contributed by atoms with E-state index in [4.69, 9.17) is 10.00 Å². The van der Waals surface area contributed by atoms with Crippen molar-refractivity contribution in [1.82, 2.24) is 14.9 Å². The largest absolute Gasteiger partial charge is 0.446 e. The number of nitriles is 1. The summed E-state index contributed by atoms with van der Waals surface area (Å²) in [5.41, 5.74) is -4.06. The number of alkyl halides is 3. The number of nitrogens with one attached hydrogen (secondary N) is 1. The standard InChI is InChI=1S/C24H22F4N4O3/c1-13-7-8-30-22(33)15(9-16(13)21(26)27)11-32-12-31-20(24(2,3)28)19(23(32)34)35-17-6-4-5-14(10-29)18(17)25/h4-6,9,12,21H,7-8,11H2,1-3H3,(H,30,33). The number of hydrogen-bond acceptors (Lipinski definition) is 5. The fourth-order valence-corrected chi connectivity index (χ4v) is 3.43. The maximum atomic E-state index is 14.8. The maximum Gasteiger partial charge on any atom is 0.297 e. The first-order chi connectivity index (χ1) is 16.4. The van der Waals surface area contributed by atoms with Crippen LogP contribution in [0.4, 0.5) is 17.6 Å². The van der Waals surface area contributed by atoms with Gasteiger partial charge in [0.2, 0.25) is 11.7 Å². The first-order valence-electron chi connectivity index (χ1n) is 10.6. The summed E-state index contributed by atoms with van der Waals surface area (Å²) in [5, 5.41) is 11.6. The van der Waals surface area contributed by atoms with Gasteiger partial charge >= 0.3 is 0 Å². The Bertz CT molecular complexity index is 1320. The van der Waals surface area contributed by atoms with Crippen molar-refractivity contribution >= 4 is 5.91 Å². The number of carbonyl (C=O) groups is 1. The summed E-state index contributed by atoms with van der Waals surface area (Å²) >= 11 is 0. The Morgan fingerprint density at radius 1 is 1.31 bits per heavy atom. The molecule has 3 rings (SSSR count). The Kier molecular flexibility index (Phi) is 7.43. The number of ether oxygens (including phenoxy) is 1. The molecule has 7 nitrogen and oxygen atoms in total. The van der Waals surface area contributed by atoms with Crippen LogP contribution in [0.25, 0.3) is 0 Å². The summed E-state index contributed by atoms with van der Waals surface area (Å²) in [6.07, 6.45) is -0.624. The van der Waals surface area contributed by atoms with E-state index >= 15 is 0 Å². The lowest BCUT2D eigenvalue weighted by Crippen LogP contribution is -2.33. The Labute approximate surface area is 198 Å². The zero-order valence-electron chi connectivity index (χ0n) is 19.2. The summed E-state index contributed by atoms with van der Waals surface area (Å²) in [4.78, 5) is 29.7. The van der Waals surface area contributed by atoms with Crippen molar-refractivity contribution in [2.75, 3.05) is 6.54 Å². The average Bonchev–Trinajstić information content (AvgIpc) is 2.77. The average molecular weight is 490 g/mol. The molecule has 1 amide bonds. The fraction of sp³-hybridized carbons (Fsp3) is 0.333. The quantitative estimate of drug-likeness (QED) is 0.610. The van der Waals surface area contributed by atoms with Crippen LogP contribution in [0.5, 0.6) is 11.5 Å². The Hall–Kier alpha value is -3.94. The molecule has 0 fully saturated rings. The first kappa shape index (κ1) is 25.7. The molecule has 184 valence electrons. The first-order valence-corrected chi connectivity index (χ1v) is 10.6. The molecule has 0 saturated carbocycles. The molecule has 1 aromatic heterocycles. The second-order valence-electron chi connectivity index (χ2n) is 8.37. The highest BCUT2D eigenvalue weighted by Gasteiger charge is 2.30. The molecule has 11 heteroatoms. The number of hydrogen-bond donors (Lipinski definition) is 1. The van der Waals surface area contributed by atoms with Crippen LogP contribution in [0.1, 0.15) is 38.4 Å². The van der Waals surface area contributed by atoms with E-state index in [1.165, 1.54) is 19.1 Å². The summed E-state index contributed by atoms with van der Waals surface area (Å²) in [5.74, 6) is -2.89. The smallest absolute Gasteiger partial charge is 0.297 e. The third-order valence-corrected chi connectivity index (χ3v) is 5.33. The van der Waals surface area contributed by atoms with E-state index in [1.807, 2.05) is 0 Å². The molecule has 0 bridgehead atoms. The van der Waals surface area contributed by atoms with Crippen LogP contribution >= 0.6 is 0 Å². The molecule has 0 radical (unpaired) electrons. The molecule has 0 aliphatic carbocycles. The zero-order valence-corrected chi connectivity index (χ0v) is 19.2. The molecule has 0 unspecified atom stereocenters. The normalized spacial score (nSPS) is 14.7. The highest BCUT2D eigenvalue weighted by atomic mass is 19.3. The van der Waals surface area contributed by atoms with Gasteiger partial charge in [-0.25, -0.2) is 22.5 Å². The molecule has 35 heavy (non-hydrogen) atoms. The van der Waals surface area contributed by atoms with Crippen LogP contribution in [-0.4, -0.2) is 28.4 Å². The Balaban J connectivity index is 2.13. The maximum absolute atomic E-state index is 14.8. The predicted molar refractivity (Wildman–Crippen MR) is 118 cm³/mol. The zero-order chi connectivity index (χ0) is 25.9. The molecule has 1 aromatic carbocycles. The van der Waals surface area contributed by atoms with Gasteiger partial charge in [-0.3, -0.25) is 14.2 Å². The van der Waals surface area contributed by atoms with Crippen molar-refractivity contribution < 1.29 is 27.1 Å². The monoisotopic (exact) mass is 490 g/mol. The van der Waals surface area contributed by atoms with Gasteiger partial charge in [0.1, 0.15) is 11.8 Å². The van der Waals surface area contributed by atoms with Crippen LogP contribution in [0.3, 0.4) is 0 Å². The number of halogens is 4. The van der Waals surface area contributed by atoms with E-state index in [0.29, 0.717) is 5.57 Å². The Morgan fingerprint density at radius 3 is 2.66 bits per heavy atom. The summed E-state index contributed by atoms with van der Waals surface area (Å²) < 4.78 is 62.8. The lowest BCUT2D eigenvalue weighted by Gasteiger charge is -2.20. The number of allylic oxidation sites excluding steroid dienone is 2. The fourth-order valence-electron chi connectivity index (χ4n) is 3.43. The van der Waals surface area contributed by atoms with Crippen molar-refractivity contribution in [1.29, 1.82) is 5.26 Å². The summed E-state index contributed by atoms with van der Waals surface area (Å²) in [6.45, 7) is 3.39. The van der Waals surface area contributed by atoms with Crippen molar-refractivity contribution in [3.05, 3.63) is 74.8 Å². The van der Waals surface area contributed by atoms with Crippen molar-refractivity contribution in [3.8, 4) is 17.6 Å². The van der Waals surface area contributed by atoms with Gasteiger partial charge in [0.25, 0.3) is 12.0 Å². The second-order valence-corrected chi connectivity index (χ2v) is 8.37. The minimum absolute atomic E-state index is 0.128. The number of benzene rings is 1. The molecule has 1 aliphatic rings. The van der Waals surface area contributed by atoms with E-state index in [9.17, 15) is 27.2 Å². The van der Waals surface area contributed by atoms with Gasteiger partial charge in [-0.05, 0) is 45.4 Å².